The van der Waals surface area contributed by atoms with Gasteiger partial charge in [-0.25, -0.2) is 9.97 Å². The molecule has 2 heterocycles. The summed E-state index contributed by atoms with van der Waals surface area (Å²) in [4.78, 5) is 22.7. The molecule has 0 spiro atoms. The lowest BCUT2D eigenvalue weighted by Crippen LogP contribution is -2.32. The Balaban J connectivity index is 1.72. The summed E-state index contributed by atoms with van der Waals surface area (Å²) in [6.07, 6.45) is 7.51. The minimum atomic E-state index is -0.0711. The first kappa shape index (κ1) is 11.4. The smallest absolute Gasteiger partial charge is 0.270 e. The van der Waals surface area contributed by atoms with E-state index in [0.717, 1.165) is 25.9 Å². The van der Waals surface area contributed by atoms with Crippen molar-refractivity contribution in [3.05, 3.63) is 18.0 Å². The standard InChI is InChI=1S/C13H18N4O/c18-12(15-10-4-5-10)11-6-7-14-13(16-11)17-8-2-1-3-9-17/h6-7,10H,1-5,8-9H2,(H,15,18). The average Bonchev–Trinajstić information content (AvgIpc) is 3.24. The quantitative estimate of drug-likeness (QED) is 0.875. The fourth-order valence-corrected chi connectivity index (χ4v) is 2.21. The number of piperidine rings is 1. The Bertz CT molecular complexity index is 438. The molecular weight excluding hydrogens is 228 g/mol. The molecule has 0 unspecified atom stereocenters. The van der Waals surface area contributed by atoms with E-state index in [1.54, 1.807) is 12.3 Å². The number of carbonyl (C=O) groups is 1. The predicted molar refractivity (Wildman–Crippen MR) is 68.6 cm³/mol. The normalized spacial score (nSPS) is 19.7. The molecule has 5 nitrogen and oxygen atoms in total. The van der Waals surface area contributed by atoms with Gasteiger partial charge in [0.1, 0.15) is 5.69 Å². The highest BCUT2D eigenvalue weighted by molar-refractivity contribution is 5.92. The molecule has 0 aromatic carbocycles. The van der Waals surface area contributed by atoms with E-state index in [1.165, 1.54) is 19.3 Å². The lowest BCUT2D eigenvalue weighted by Gasteiger charge is -2.26. The number of amides is 1. The molecule has 1 aromatic heterocycles. The van der Waals surface area contributed by atoms with Crippen molar-refractivity contribution in [1.82, 2.24) is 15.3 Å². The van der Waals surface area contributed by atoms with Gasteiger partial charge in [-0.05, 0) is 38.2 Å². The summed E-state index contributed by atoms with van der Waals surface area (Å²) in [5, 5.41) is 2.95. The molecule has 0 atom stereocenters. The van der Waals surface area contributed by atoms with Gasteiger partial charge in [0, 0.05) is 25.3 Å². The van der Waals surface area contributed by atoms with Crippen molar-refractivity contribution >= 4 is 11.9 Å². The fourth-order valence-electron chi connectivity index (χ4n) is 2.21. The molecule has 2 fully saturated rings. The predicted octanol–water partition coefficient (Wildman–Crippen LogP) is 1.36. The molecule has 1 aliphatic carbocycles. The monoisotopic (exact) mass is 246 g/mol. The first-order valence-corrected chi connectivity index (χ1v) is 6.72. The van der Waals surface area contributed by atoms with Crippen molar-refractivity contribution in [1.29, 1.82) is 0 Å². The molecule has 18 heavy (non-hydrogen) atoms. The summed E-state index contributed by atoms with van der Waals surface area (Å²) in [5.74, 6) is 0.622. The number of nitrogens with zero attached hydrogens (tertiary/aromatic N) is 3. The van der Waals surface area contributed by atoms with Crippen LogP contribution >= 0.6 is 0 Å². The number of carbonyl (C=O) groups excluding carboxylic acids is 1. The van der Waals surface area contributed by atoms with Crippen molar-refractivity contribution in [2.75, 3.05) is 18.0 Å². The maximum absolute atomic E-state index is 11.9. The van der Waals surface area contributed by atoms with Gasteiger partial charge >= 0.3 is 0 Å². The molecule has 5 heteroatoms. The van der Waals surface area contributed by atoms with Gasteiger partial charge < -0.3 is 10.2 Å². The zero-order valence-electron chi connectivity index (χ0n) is 10.4. The summed E-state index contributed by atoms with van der Waals surface area (Å²) in [6.45, 7) is 1.99. The molecule has 0 bridgehead atoms. The zero-order chi connectivity index (χ0) is 12.4. The Morgan fingerprint density at radius 2 is 2.06 bits per heavy atom. The van der Waals surface area contributed by atoms with Crippen LogP contribution in [0.3, 0.4) is 0 Å². The highest BCUT2D eigenvalue weighted by Gasteiger charge is 2.24. The van der Waals surface area contributed by atoms with Crippen molar-refractivity contribution < 1.29 is 4.79 Å². The molecule has 1 saturated heterocycles. The summed E-state index contributed by atoms with van der Waals surface area (Å²) in [5.41, 5.74) is 0.484. The summed E-state index contributed by atoms with van der Waals surface area (Å²) in [6, 6.07) is 2.05. The maximum atomic E-state index is 11.9. The molecule has 1 amide bonds. The molecular formula is C13H18N4O. The van der Waals surface area contributed by atoms with Crippen molar-refractivity contribution in [2.24, 2.45) is 0 Å². The van der Waals surface area contributed by atoms with Crippen LogP contribution in [0.25, 0.3) is 0 Å². The van der Waals surface area contributed by atoms with Gasteiger partial charge in [0.05, 0.1) is 0 Å². The van der Waals surface area contributed by atoms with Crippen LogP contribution in [0.4, 0.5) is 5.95 Å². The van der Waals surface area contributed by atoms with Crippen molar-refractivity contribution in [3.8, 4) is 0 Å². The highest BCUT2D eigenvalue weighted by atomic mass is 16.2. The van der Waals surface area contributed by atoms with Crippen LogP contribution in [0.15, 0.2) is 12.3 Å². The Morgan fingerprint density at radius 3 is 2.78 bits per heavy atom. The van der Waals surface area contributed by atoms with Crippen LogP contribution in [0, 0.1) is 0 Å². The Labute approximate surface area is 107 Å². The van der Waals surface area contributed by atoms with Gasteiger partial charge in [-0.15, -0.1) is 0 Å². The molecule has 3 rings (SSSR count). The molecule has 0 radical (unpaired) electrons. The number of aromatic nitrogens is 2. The van der Waals surface area contributed by atoms with E-state index >= 15 is 0 Å². The van der Waals surface area contributed by atoms with E-state index in [1.807, 2.05) is 0 Å². The fraction of sp³-hybridized carbons (Fsp3) is 0.615. The number of anilines is 1. The van der Waals surface area contributed by atoms with Gasteiger partial charge in [-0.1, -0.05) is 0 Å². The van der Waals surface area contributed by atoms with Crippen LogP contribution in [0.1, 0.15) is 42.6 Å². The third-order valence-electron chi connectivity index (χ3n) is 3.43. The van der Waals surface area contributed by atoms with Gasteiger partial charge in [-0.2, -0.15) is 0 Å². The summed E-state index contributed by atoms with van der Waals surface area (Å²) in [7, 11) is 0. The highest BCUT2D eigenvalue weighted by Crippen LogP contribution is 2.19. The molecule has 1 aliphatic heterocycles. The topological polar surface area (TPSA) is 58.1 Å². The van der Waals surface area contributed by atoms with Crippen LogP contribution in [-0.2, 0) is 0 Å². The minimum Gasteiger partial charge on any atom is -0.348 e. The Morgan fingerprint density at radius 1 is 1.28 bits per heavy atom. The lowest BCUT2D eigenvalue weighted by molar-refractivity contribution is 0.0946. The van der Waals surface area contributed by atoms with E-state index < -0.39 is 0 Å². The zero-order valence-corrected chi connectivity index (χ0v) is 10.4. The van der Waals surface area contributed by atoms with Crippen molar-refractivity contribution in [3.63, 3.8) is 0 Å². The average molecular weight is 246 g/mol. The van der Waals surface area contributed by atoms with Gasteiger partial charge in [0.2, 0.25) is 5.95 Å². The number of rotatable bonds is 3. The number of hydrogen-bond acceptors (Lipinski definition) is 4. The van der Waals surface area contributed by atoms with E-state index in [9.17, 15) is 4.79 Å². The molecule has 1 N–H and O–H groups in total. The molecule has 1 saturated carbocycles. The van der Waals surface area contributed by atoms with Gasteiger partial charge in [0.25, 0.3) is 5.91 Å². The van der Waals surface area contributed by atoms with Gasteiger partial charge in [0.15, 0.2) is 0 Å². The van der Waals surface area contributed by atoms with Crippen LogP contribution < -0.4 is 10.2 Å². The molecule has 1 aromatic rings. The van der Waals surface area contributed by atoms with E-state index in [-0.39, 0.29) is 5.91 Å². The first-order valence-electron chi connectivity index (χ1n) is 6.72. The number of hydrogen-bond donors (Lipinski definition) is 1. The Hall–Kier alpha value is -1.65. The van der Waals surface area contributed by atoms with Crippen LogP contribution in [-0.4, -0.2) is 35.0 Å². The maximum Gasteiger partial charge on any atom is 0.270 e. The minimum absolute atomic E-state index is 0.0711. The van der Waals surface area contributed by atoms with Crippen molar-refractivity contribution in [2.45, 2.75) is 38.1 Å². The third kappa shape index (κ3) is 2.60. The summed E-state index contributed by atoms with van der Waals surface area (Å²) < 4.78 is 0. The summed E-state index contributed by atoms with van der Waals surface area (Å²) >= 11 is 0. The Kier molecular flexibility index (Phi) is 3.13. The lowest BCUT2D eigenvalue weighted by atomic mass is 10.1. The van der Waals surface area contributed by atoms with Gasteiger partial charge in [-0.3, -0.25) is 4.79 Å². The third-order valence-corrected chi connectivity index (χ3v) is 3.43. The van der Waals surface area contributed by atoms with E-state index in [0.29, 0.717) is 17.7 Å². The van der Waals surface area contributed by atoms with Crippen LogP contribution in [0.5, 0.6) is 0 Å². The second-order valence-corrected chi connectivity index (χ2v) is 5.04. The number of nitrogens with one attached hydrogen (secondary N) is 1. The van der Waals surface area contributed by atoms with E-state index in [4.69, 9.17) is 0 Å². The largest absolute Gasteiger partial charge is 0.348 e. The van der Waals surface area contributed by atoms with Crippen LogP contribution in [0.2, 0.25) is 0 Å². The second kappa shape index (κ2) is 4.92. The SMILES string of the molecule is O=C(NC1CC1)c1ccnc(N2CCCCC2)n1. The molecule has 2 aliphatic rings. The molecule has 96 valence electrons. The van der Waals surface area contributed by atoms with E-state index in [2.05, 4.69) is 20.2 Å². The second-order valence-electron chi connectivity index (χ2n) is 5.04. The first-order chi connectivity index (χ1) is 8.83.